The van der Waals surface area contributed by atoms with Gasteiger partial charge in [-0.05, 0) is 42.5 Å². The van der Waals surface area contributed by atoms with Crippen molar-refractivity contribution in [3.05, 3.63) is 70.3 Å². The predicted octanol–water partition coefficient (Wildman–Crippen LogP) is -0.462. The molecule has 15 N–H and O–H groups in total. The molecule has 2 heterocycles. The molecule has 0 spiro atoms. The van der Waals surface area contributed by atoms with Gasteiger partial charge in [-0.15, -0.1) is 0 Å². The van der Waals surface area contributed by atoms with E-state index in [2.05, 4.69) is 0 Å². The van der Waals surface area contributed by atoms with Crippen LogP contribution in [0.2, 0.25) is 0 Å². The number of hydrogen-bond donors (Lipinski definition) is 15. The number of carboxylic acid groups (broad SMARTS) is 2. The summed E-state index contributed by atoms with van der Waals surface area (Å²) in [6.45, 7) is -1.21. The summed E-state index contributed by atoms with van der Waals surface area (Å²) < 4.78 is 32.0. The first-order chi connectivity index (χ1) is 32.3. The highest BCUT2D eigenvalue weighted by molar-refractivity contribution is 5.98. The molecule has 4 aromatic rings. The molecule has 0 unspecified atom stereocenters. The lowest BCUT2D eigenvalue weighted by Gasteiger charge is -2.42. The van der Waals surface area contributed by atoms with Crippen molar-refractivity contribution in [2.75, 3.05) is 6.61 Å². The number of ether oxygens (including phenoxy) is 6. The van der Waals surface area contributed by atoms with E-state index in [0.717, 1.165) is 0 Å². The smallest absolute Gasteiger partial charge is 0.341 e. The zero-order valence-corrected chi connectivity index (χ0v) is 34.1. The van der Waals surface area contributed by atoms with Crippen LogP contribution >= 0.6 is 0 Å². The summed E-state index contributed by atoms with van der Waals surface area (Å²) in [4.78, 5) is 91.8. The number of aliphatic carboxylic acids is 2. The van der Waals surface area contributed by atoms with Gasteiger partial charge < -0.3 is 105 Å². The Kier molecular flexibility index (Phi) is 13.6. The lowest BCUT2D eigenvalue weighted by Crippen LogP contribution is -2.62. The van der Waals surface area contributed by atoms with E-state index in [4.69, 9.17) is 28.4 Å². The number of aliphatic hydroxyl groups is 2. The molecule has 28 nitrogen and oxygen atoms in total. The zero-order valence-electron chi connectivity index (χ0n) is 34.1. The minimum Gasteiger partial charge on any atom is -0.504 e. The van der Waals surface area contributed by atoms with Crippen molar-refractivity contribution in [3.63, 3.8) is 0 Å². The summed E-state index contributed by atoms with van der Waals surface area (Å²) in [6, 6.07) is 3.65. The second-order valence-electron chi connectivity index (χ2n) is 14.8. The highest BCUT2D eigenvalue weighted by Gasteiger charge is 2.54. The number of benzene rings is 4. The van der Waals surface area contributed by atoms with E-state index in [0.29, 0.717) is 42.5 Å². The topological polar surface area (TPSA) is 478 Å². The first-order valence-electron chi connectivity index (χ1n) is 19.1. The molecule has 2 aliphatic heterocycles. The van der Waals surface area contributed by atoms with Crippen LogP contribution in [0.15, 0.2) is 42.5 Å². The number of rotatable bonds is 13. The van der Waals surface area contributed by atoms with Crippen LogP contribution in [0.25, 0.3) is 0 Å². The van der Waals surface area contributed by atoms with Gasteiger partial charge in [0.15, 0.2) is 75.5 Å². The SMILES string of the molecule is O=C(O)C[C@H](C(=O)O)[C@H]1c2c(C(=O)O[C@H]3[C@H](OC(=O)c4cc(O)c(O)c(O)c4)O[C@H](COC(=O)c4cc(O)c(O)c(O)c4)[C@@H](O)[C@@H]3OC(=O)c3cc(O)c(O)c(O)c3)cc(O)c(O)c2OC(=O)[C@H]1O. The van der Waals surface area contributed by atoms with Crippen LogP contribution in [0.3, 0.4) is 0 Å². The molecule has 0 saturated carbocycles. The van der Waals surface area contributed by atoms with Crippen molar-refractivity contribution in [3.8, 4) is 69.0 Å². The minimum absolute atomic E-state index is 0.336. The molecule has 0 bridgehead atoms. The molecule has 1 saturated heterocycles. The molecule has 6 rings (SSSR count). The van der Waals surface area contributed by atoms with Crippen molar-refractivity contribution < 1.29 is 139 Å². The second-order valence-corrected chi connectivity index (χ2v) is 14.8. The fourth-order valence-electron chi connectivity index (χ4n) is 7.04. The molecule has 2 aliphatic rings. The number of aliphatic hydroxyl groups excluding tert-OH is 2. The predicted molar refractivity (Wildman–Crippen MR) is 211 cm³/mol. The third-order valence-electron chi connectivity index (χ3n) is 10.4. The van der Waals surface area contributed by atoms with E-state index in [-0.39, 0.29) is 0 Å². The highest BCUT2D eigenvalue weighted by atomic mass is 16.7. The van der Waals surface area contributed by atoms with E-state index in [1.54, 1.807) is 0 Å². The summed E-state index contributed by atoms with van der Waals surface area (Å²) in [7, 11) is 0. The fourth-order valence-corrected chi connectivity index (χ4v) is 7.04. The number of carbonyl (C=O) groups excluding carboxylic acids is 5. The molecular formula is C41H34O28. The second kappa shape index (κ2) is 19.0. The molecule has 0 radical (unpaired) electrons. The number of phenolic OH excluding ortho intramolecular Hbond substituents is 11. The Morgan fingerprint density at radius 2 is 1.00 bits per heavy atom. The Bertz CT molecular complexity index is 2730. The average Bonchev–Trinajstić information content (AvgIpc) is 3.28. The van der Waals surface area contributed by atoms with Gasteiger partial charge in [0.1, 0.15) is 18.8 Å². The molecule has 69 heavy (non-hydrogen) atoms. The molecule has 0 aliphatic carbocycles. The molecular weight excluding hydrogens is 940 g/mol. The molecule has 28 heteroatoms. The van der Waals surface area contributed by atoms with Gasteiger partial charge in [0.25, 0.3) is 0 Å². The maximum Gasteiger partial charge on any atom is 0.341 e. The van der Waals surface area contributed by atoms with Crippen LogP contribution in [0.4, 0.5) is 0 Å². The number of aromatic hydroxyl groups is 11. The Balaban J connectivity index is 1.49. The summed E-state index contributed by atoms with van der Waals surface area (Å²) in [6.07, 6.45) is -16.5. The lowest BCUT2D eigenvalue weighted by atomic mass is 9.76. The molecule has 1 fully saturated rings. The molecule has 0 amide bonds. The van der Waals surface area contributed by atoms with Crippen molar-refractivity contribution >= 4 is 41.8 Å². The van der Waals surface area contributed by atoms with Gasteiger partial charge >= 0.3 is 41.8 Å². The van der Waals surface area contributed by atoms with Crippen molar-refractivity contribution in [1.29, 1.82) is 0 Å². The van der Waals surface area contributed by atoms with Crippen LogP contribution in [0.5, 0.6) is 69.0 Å². The van der Waals surface area contributed by atoms with Gasteiger partial charge in [0, 0.05) is 11.5 Å². The monoisotopic (exact) mass is 974 g/mol. The number of esters is 5. The third-order valence-corrected chi connectivity index (χ3v) is 10.4. The number of carboxylic acids is 2. The summed E-state index contributed by atoms with van der Waals surface area (Å²) in [5.41, 5.74) is -4.48. The quantitative estimate of drug-likeness (QED) is 0.0349. The van der Waals surface area contributed by atoms with Crippen LogP contribution < -0.4 is 4.74 Å². The van der Waals surface area contributed by atoms with Gasteiger partial charge in [-0.25, -0.2) is 24.0 Å². The highest BCUT2D eigenvalue weighted by Crippen LogP contribution is 2.51. The van der Waals surface area contributed by atoms with Crippen LogP contribution in [-0.4, -0.2) is 162 Å². The fraction of sp³-hybridized carbons (Fsp3) is 0.244. The first-order valence-corrected chi connectivity index (χ1v) is 19.1. The van der Waals surface area contributed by atoms with E-state index in [1.165, 1.54) is 0 Å². The van der Waals surface area contributed by atoms with Crippen LogP contribution in [0.1, 0.15) is 59.3 Å². The molecule has 8 atom stereocenters. The summed E-state index contributed by atoms with van der Waals surface area (Å²) in [5, 5.41) is 153. The van der Waals surface area contributed by atoms with E-state index < -0.39 is 200 Å². The first kappa shape index (κ1) is 49.3. The minimum atomic E-state index is -2.65. The standard InChI is InChI=1S/C41H34O28/c42-15-1-10(2-16(43)26(15)51)36(59)64-9-22-30(55)33(67-37(60)11-3-17(44)27(52)18(45)4-11)34(41(65-22)69-38(61)12-5-19(46)28(53)20(47)6-12)68-39(62)14-7-21(48)29(54)32-25(14)24(31(56)40(63)66-32)13(35(57)58)8-23(49)50/h1-7,13,22,24,30-31,33-34,41-48,51-56H,8-9H2,(H,49,50)(H,57,58)/t13-,22+,24-,30+,31-,33-,34+,41-/m0/s1. The molecule has 4 aromatic carbocycles. The zero-order chi connectivity index (χ0) is 51.1. The van der Waals surface area contributed by atoms with Crippen molar-refractivity contribution in [2.45, 2.75) is 49.1 Å². The summed E-state index contributed by atoms with van der Waals surface area (Å²) >= 11 is 0. The number of phenols is 11. The van der Waals surface area contributed by atoms with E-state index in [9.17, 15) is 110 Å². The van der Waals surface area contributed by atoms with E-state index >= 15 is 0 Å². The number of fused-ring (bicyclic) bond motifs is 1. The van der Waals surface area contributed by atoms with Gasteiger partial charge in [-0.1, -0.05) is 0 Å². The molecule has 0 aromatic heterocycles. The van der Waals surface area contributed by atoms with Crippen molar-refractivity contribution in [2.24, 2.45) is 5.92 Å². The van der Waals surface area contributed by atoms with Crippen LogP contribution in [0, 0.1) is 5.92 Å². The number of carbonyl (C=O) groups is 7. The largest absolute Gasteiger partial charge is 0.504 e. The lowest BCUT2D eigenvalue weighted by molar-refractivity contribution is -0.283. The van der Waals surface area contributed by atoms with Gasteiger partial charge in [0.05, 0.1) is 34.6 Å². The Labute approximate surface area is 381 Å². The summed E-state index contributed by atoms with van der Waals surface area (Å²) in [5.74, 6) is -30.7. The Morgan fingerprint density at radius 1 is 0.565 bits per heavy atom. The van der Waals surface area contributed by atoms with E-state index in [1.807, 2.05) is 0 Å². The van der Waals surface area contributed by atoms with Gasteiger partial charge in [-0.2, -0.15) is 0 Å². The third kappa shape index (κ3) is 9.72. The molecule has 366 valence electrons. The van der Waals surface area contributed by atoms with Gasteiger partial charge in [-0.3, -0.25) is 9.59 Å². The Hall–Kier alpha value is -9.15. The van der Waals surface area contributed by atoms with Crippen molar-refractivity contribution in [1.82, 2.24) is 0 Å². The maximum absolute atomic E-state index is 14.5. The average molecular weight is 975 g/mol. The van der Waals surface area contributed by atoms with Gasteiger partial charge in [0.2, 0.25) is 18.1 Å². The Morgan fingerprint density at radius 3 is 1.46 bits per heavy atom. The number of hydrogen-bond acceptors (Lipinski definition) is 26. The normalized spacial score (nSPS) is 21.1. The maximum atomic E-state index is 14.5. The van der Waals surface area contributed by atoms with Crippen LogP contribution in [-0.2, 0) is 38.1 Å².